The summed E-state index contributed by atoms with van der Waals surface area (Å²) in [6, 6.07) is 10.5. The Kier molecular flexibility index (Phi) is 5.15. The first-order valence-corrected chi connectivity index (χ1v) is 7.37. The average molecular weight is 275 g/mol. The van der Waals surface area contributed by atoms with Crippen LogP contribution in [0.5, 0.6) is 0 Å². The van der Waals surface area contributed by atoms with Gasteiger partial charge < -0.3 is 15.5 Å². The van der Waals surface area contributed by atoms with Gasteiger partial charge in [0.05, 0.1) is 6.04 Å². The fourth-order valence-electron chi connectivity index (χ4n) is 2.80. The van der Waals surface area contributed by atoms with Crippen molar-refractivity contribution in [2.45, 2.75) is 19.4 Å². The molecule has 0 radical (unpaired) electrons. The van der Waals surface area contributed by atoms with Gasteiger partial charge in [-0.05, 0) is 25.6 Å². The molecular formula is C16H25N3O. The summed E-state index contributed by atoms with van der Waals surface area (Å²) in [5.74, 6) is 0.243. The monoisotopic (exact) mass is 275 g/mol. The molecule has 0 saturated carbocycles. The molecule has 0 spiro atoms. The molecule has 1 saturated heterocycles. The Morgan fingerprint density at radius 3 is 2.70 bits per heavy atom. The van der Waals surface area contributed by atoms with E-state index in [1.165, 1.54) is 5.56 Å². The zero-order valence-corrected chi connectivity index (χ0v) is 12.5. The lowest BCUT2D eigenvalue weighted by atomic mass is 9.99. The molecule has 110 valence electrons. The van der Waals surface area contributed by atoms with Gasteiger partial charge in [0, 0.05) is 25.6 Å². The number of rotatable bonds is 4. The Morgan fingerprint density at radius 1 is 1.35 bits per heavy atom. The molecule has 4 nitrogen and oxygen atoms in total. The highest BCUT2D eigenvalue weighted by molar-refractivity contribution is 5.79. The van der Waals surface area contributed by atoms with Crippen molar-refractivity contribution >= 4 is 5.91 Å². The molecule has 1 aliphatic rings. The molecular weight excluding hydrogens is 250 g/mol. The van der Waals surface area contributed by atoms with Gasteiger partial charge in [-0.15, -0.1) is 0 Å². The summed E-state index contributed by atoms with van der Waals surface area (Å²) in [7, 11) is 2.11. The first kappa shape index (κ1) is 15.0. The van der Waals surface area contributed by atoms with Crippen molar-refractivity contribution in [2.24, 2.45) is 11.7 Å². The predicted molar refractivity (Wildman–Crippen MR) is 81.2 cm³/mol. The van der Waals surface area contributed by atoms with Crippen molar-refractivity contribution < 1.29 is 4.79 Å². The topological polar surface area (TPSA) is 49.6 Å². The van der Waals surface area contributed by atoms with E-state index in [2.05, 4.69) is 24.1 Å². The van der Waals surface area contributed by atoms with E-state index < -0.39 is 0 Å². The van der Waals surface area contributed by atoms with Crippen LogP contribution >= 0.6 is 0 Å². The number of benzene rings is 1. The average Bonchev–Trinajstić information content (AvgIpc) is 2.47. The molecule has 2 atom stereocenters. The lowest BCUT2D eigenvalue weighted by molar-refractivity contribution is -0.140. The largest absolute Gasteiger partial charge is 0.333 e. The van der Waals surface area contributed by atoms with Crippen LogP contribution in [-0.2, 0) is 4.79 Å². The van der Waals surface area contributed by atoms with Gasteiger partial charge in [-0.1, -0.05) is 37.3 Å². The van der Waals surface area contributed by atoms with Gasteiger partial charge in [-0.25, -0.2) is 0 Å². The van der Waals surface area contributed by atoms with Gasteiger partial charge in [0.2, 0.25) is 5.91 Å². The Balaban J connectivity index is 2.18. The number of nitrogens with zero attached hydrogens (tertiary/aromatic N) is 2. The second-order valence-corrected chi connectivity index (χ2v) is 5.70. The van der Waals surface area contributed by atoms with Crippen LogP contribution in [0.1, 0.15) is 24.9 Å². The van der Waals surface area contributed by atoms with Crippen LogP contribution in [0.15, 0.2) is 30.3 Å². The maximum absolute atomic E-state index is 12.6. The summed E-state index contributed by atoms with van der Waals surface area (Å²) in [6.07, 6.45) is 0.757. The summed E-state index contributed by atoms with van der Waals surface area (Å²) < 4.78 is 0. The highest BCUT2D eigenvalue weighted by Crippen LogP contribution is 2.26. The van der Waals surface area contributed by atoms with Crippen LogP contribution in [0.4, 0.5) is 0 Å². The molecule has 2 rings (SSSR count). The molecule has 2 N–H and O–H groups in total. The number of likely N-dealkylation sites (N-methyl/N-ethyl adjacent to an activating group) is 1. The number of piperazine rings is 1. The van der Waals surface area contributed by atoms with Gasteiger partial charge in [0.15, 0.2) is 0 Å². The third kappa shape index (κ3) is 3.38. The van der Waals surface area contributed by atoms with Gasteiger partial charge in [0.25, 0.3) is 0 Å². The molecule has 1 fully saturated rings. The number of hydrogen-bond donors (Lipinski definition) is 1. The molecule has 1 aromatic carbocycles. The summed E-state index contributed by atoms with van der Waals surface area (Å²) in [5.41, 5.74) is 6.80. The van der Waals surface area contributed by atoms with Crippen LogP contribution in [0.3, 0.4) is 0 Å². The highest BCUT2D eigenvalue weighted by atomic mass is 16.2. The highest BCUT2D eigenvalue weighted by Gasteiger charge is 2.31. The van der Waals surface area contributed by atoms with Crippen LogP contribution in [0.2, 0.25) is 0 Å². The van der Waals surface area contributed by atoms with Crippen molar-refractivity contribution in [3.63, 3.8) is 0 Å². The van der Waals surface area contributed by atoms with Crippen LogP contribution in [0.25, 0.3) is 0 Å². The molecule has 1 aliphatic heterocycles. The minimum Gasteiger partial charge on any atom is -0.333 e. The lowest BCUT2D eigenvalue weighted by Crippen LogP contribution is -2.50. The van der Waals surface area contributed by atoms with E-state index in [1.54, 1.807) is 0 Å². The van der Waals surface area contributed by atoms with E-state index in [0.29, 0.717) is 6.54 Å². The van der Waals surface area contributed by atoms with Crippen molar-refractivity contribution in [1.82, 2.24) is 9.80 Å². The molecule has 1 amide bonds. The third-order valence-corrected chi connectivity index (χ3v) is 4.07. The minimum atomic E-state index is 0.00891. The van der Waals surface area contributed by atoms with Crippen molar-refractivity contribution in [3.8, 4) is 0 Å². The van der Waals surface area contributed by atoms with Gasteiger partial charge >= 0.3 is 0 Å². The maximum Gasteiger partial charge on any atom is 0.226 e. The number of nitrogens with two attached hydrogens (primary N) is 1. The fourth-order valence-corrected chi connectivity index (χ4v) is 2.80. The molecule has 0 bridgehead atoms. The van der Waals surface area contributed by atoms with E-state index in [9.17, 15) is 4.79 Å². The van der Waals surface area contributed by atoms with Gasteiger partial charge in [-0.2, -0.15) is 0 Å². The quantitative estimate of drug-likeness (QED) is 0.905. The number of carbonyl (C=O) groups excluding carboxylic acids is 1. The number of carbonyl (C=O) groups is 1. The summed E-state index contributed by atoms with van der Waals surface area (Å²) in [6.45, 7) is 5.17. The molecule has 20 heavy (non-hydrogen) atoms. The van der Waals surface area contributed by atoms with Crippen molar-refractivity contribution in [1.29, 1.82) is 0 Å². The zero-order chi connectivity index (χ0) is 14.5. The summed E-state index contributed by atoms with van der Waals surface area (Å²) >= 11 is 0. The minimum absolute atomic E-state index is 0.00891. The maximum atomic E-state index is 12.6. The normalized spacial score (nSPS) is 21.8. The Bertz CT molecular complexity index is 435. The van der Waals surface area contributed by atoms with Crippen molar-refractivity contribution in [2.75, 3.05) is 33.2 Å². The molecule has 1 heterocycles. The molecule has 1 aromatic rings. The molecule has 0 aromatic heterocycles. The Hall–Kier alpha value is -1.39. The number of amides is 1. The first-order chi connectivity index (χ1) is 9.63. The molecule has 0 aliphatic carbocycles. The van der Waals surface area contributed by atoms with Crippen molar-refractivity contribution in [3.05, 3.63) is 35.9 Å². The van der Waals surface area contributed by atoms with E-state index in [0.717, 1.165) is 26.1 Å². The van der Waals surface area contributed by atoms with Gasteiger partial charge in [0.1, 0.15) is 0 Å². The Morgan fingerprint density at radius 2 is 2.05 bits per heavy atom. The van der Waals surface area contributed by atoms with Crippen LogP contribution in [-0.4, -0.2) is 48.9 Å². The number of hydrogen-bond acceptors (Lipinski definition) is 3. The van der Waals surface area contributed by atoms with Gasteiger partial charge in [-0.3, -0.25) is 4.79 Å². The van der Waals surface area contributed by atoms with Crippen LogP contribution in [0, 0.1) is 5.92 Å². The second-order valence-electron chi connectivity index (χ2n) is 5.70. The molecule has 2 unspecified atom stereocenters. The standard InChI is InChI=1S/C16H25N3O/c1-13(8-9-17)16(20)19-11-10-18(2)12-15(19)14-6-4-3-5-7-14/h3-7,13,15H,8-12,17H2,1-2H3. The van der Waals surface area contributed by atoms with E-state index in [4.69, 9.17) is 5.73 Å². The zero-order valence-electron chi connectivity index (χ0n) is 12.5. The van der Waals surface area contributed by atoms with E-state index >= 15 is 0 Å². The predicted octanol–water partition coefficient (Wildman–Crippen LogP) is 1.49. The first-order valence-electron chi connectivity index (χ1n) is 7.37. The third-order valence-electron chi connectivity index (χ3n) is 4.07. The second kappa shape index (κ2) is 6.86. The Labute approximate surface area is 121 Å². The molecule has 4 heteroatoms. The van der Waals surface area contributed by atoms with E-state index in [-0.39, 0.29) is 17.9 Å². The summed E-state index contributed by atoms with van der Waals surface area (Å²) in [4.78, 5) is 17.0. The van der Waals surface area contributed by atoms with E-state index in [1.807, 2.05) is 30.0 Å². The van der Waals surface area contributed by atoms with Crippen LogP contribution < -0.4 is 5.73 Å². The lowest BCUT2D eigenvalue weighted by Gasteiger charge is -2.41. The fraction of sp³-hybridized carbons (Fsp3) is 0.562. The smallest absolute Gasteiger partial charge is 0.226 e. The SMILES string of the molecule is CC(CCN)C(=O)N1CCN(C)CC1c1ccccc1. The summed E-state index contributed by atoms with van der Waals surface area (Å²) in [5, 5.41) is 0.